The Bertz CT molecular complexity index is 282. The molecule has 0 spiro atoms. The molecular weight excluding hydrogens is 240 g/mol. The van der Waals surface area contributed by atoms with Crippen LogP contribution < -0.4 is 5.32 Å². The summed E-state index contributed by atoms with van der Waals surface area (Å²) in [6.45, 7) is 5.96. The Morgan fingerprint density at radius 3 is 2.74 bits per heavy atom. The highest BCUT2D eigenvalue weighted by molar-refractivity contribution is 4.92. The third-order valence-electron chi connectivity index (χ3n) is 4.86. The monoisotopic (exact) mass is 268 g/mol. The van der Waals surface area contributed by atoms with Crippen molar-refractivity contribution >= 4 is 0 Å². The summed E-state index contributed by atoms with van der Waals surface area (Å²) in [5.74, 6) is 0. The molecule has 0 bridgehead atoms. The van der Waals surface area contributed by atoms with Crippen LogP contribution in [0.1, 0.15) is 32.1 Å². The molecule has 3 aliphatic rings. The van der Waals surface area contributed by atoms with Gasteiger partial charge in [-0.3, -0.25) is 0 Å². The summed E-state index contributed by atoms with van der Waals surface area (Å²) in [5, 5.41) is 3.73. The lowest BCUT2D eigenvalue weighted by molar-refractivity contribution is -0.0288. The predicted octanol–water partition coefficient (Wildman–Crippen LogP) is 1.26. The lowest BCUT2D eigenvalue weighted by Gasteiger charge is -2.41. The van der Waals surface area contributed by atoms with E-state index in [1.54, 1.807) is 0 Å². The molecule has 0 aromatic carbocycles. The van der Waals surface area contributed by atoms with Gasteiger partial charge >= 0.3 is 0 Å². The molecular formula is C15H28N2O2. The van der Waals surface area contributed by atoms with Crippen molar-refractivity contribution in [2.75, 3.05) is 46.6 Å². The van der Waals surface area contributed by atoms with Gasteiger partial charge in [-0.1, -0.05) is 0 Å². The van der Waals surface area contributed by atoms with E-state index in [1.165, 1.54) is 32.1 Å². The van der Waals surface area contributed by atoms with Gasteiger partial charge in [0.05, 0.1) is 13.2 Å². The van der Waals surface area contributed by atoms with E-state index < -0.39 is 0 Å². The van der Waals surface area contributed by atoms with Crippen LogP contribution in [0.15, 0.2) is 0 Å². The van der Waals surface area contributed by atoms with Gasteiger partial charge in [0.15, 0.2) is 0 Å². The van der Waals surface area contributed by atoms with Crippen molar-refractivity contribution in [3.8, 4) is 0 Å². The summed E-state index contributed by atoms with van der Waals surface area (Å²) < 4.78 is 11.3. The highest BCUT2D eigenvalue weighted by Crippen LogP contribution is 2.31. The zero-order valence-electron chi connectivity index (χ0n) is 12.2. The minimum atomic E-state index is 0.318. The first-order chi connectivity index (χ1) is 9.27. The summed E-state index contributed by atoms with van der Waals surface area (Å²) in [4.78, 5) is 2.51. The Kier molecular flexibility index (Phi) is 4.42. The van der Waals surface area contributed by atoms with Gasteiger partial charge in [-0.05, 0) is 39.2 Å². The van der Waals surface area contributed by atoms with Gasteiger partial charge in [-0.25, -0.2) is 0 Å². The second-order valence-electron chi connectivity index (χ2n) is 6.74. The molecule has 1 aliphatic carbocycles. The average molecular weight is 268 g/mol. The van der Waals surface area contributed by atoms with Crippen molar-refractivity contribution in [2.24, 2.45) is 5.41 Å². The summed E-state index contributed by atoms with van der Waals surface area (Å²) in [6.07, 6.45) is 6.42. The fraction of sp³-hybridized carbons (Fsp3) is 1.00. The minimum Gasteiger partial charge on any atom is -0.381 e. The molecule has 1 saturated carbocycles. The number of ether oxygens (including phenoxy) is 2. The van der Waals surface area contributed by atoms with E-state index in [0.29, 0.717) is 11.5 Å². The Morgan fingerprint density at radius 1 is 1.21 bits per heavy atom. The molecule has 1 N–H and O–H groups in total. The molecule has 2 atom stereocenters. The molecule has 3 rings (SSSR count). The first kappa shape index (κ1) is 13.8. The van der Waals surface area contributed by atoms with Crippen molar-refractivity contribution < 1.29 is 9.47 Å². The van der Waals surface area contributed by atoms with E-state index in [4.69, 9.17) is 9.47 Å². The van der Waals surface area contributed by atoms with E-state index >= 15 is 0 Å². The zero-order valence-corrected chi connectivity index (χ0v) is 12.2. The van der Waals surface area contributed by atoms with Crippen molar-refractivity contribution in [2.45, 2.75) is 44.2 Å². The van der Waals surface area contributed by atoms with Gasteiger partial charge in [0.2, 0.25) is 0 Å². The van der Waals surface area contributed by atoms with Gasteiger partial charge in [0.25, 0.3) is 0 Å². The number of nitrogens with one attached hydrogen (secondary N) is 1. The molecule has 110 valence electrons. The third-order valence-corrected chi connectivity index (χ3v) is 4.86. The predicted molar refractivity (Wildman–Crippen MR) is 75.4 cm³/mol. The molecule has 2 saturated heterocycles. The fourth-order valence-electron chi connectivity index (χ4n) is 3.41. The smallest absolute Gasteiger partial charge is 0.0622 e. The third kappa shape index (κ3) is 3.69. The molecule has 2 unspecified atom stereocenters. The number of nitrogens with zero attached hydrogens (tertiary/aromatic N) is 1. The van der Waals surface area contributed by atoms with Gasteiger partial charge < -0.3 is 19.7 Å². The van der Waals surface area contributed by atoms with Crippen LogP contribution >= 0.6 is 0 Å². The molecule has 2 heterocycles. The average Bonchev–Trinajstić information content (AvgIpc) is 3.09. The highest BCUT2D eigenvalue weighted by atomic mass is 16.5. The van der Waals surface area contributed by atoms with Crippen molar-refractivity contribution in [1.82, 2.24) is 10.2 Å². The minimum absolute atomic E-state index is 0.318. The molecule has 4 nitrogen and oxygen atoms in total. The molecule has 19 heavy (non-hydrogen) atoms. The second-order valence-corrected chi connectivity index (χ2v) is 6.74. The van der Waals surface area contributed by atoms with E-state index in [9.17, 15) is 0 Å². The molecule has 4 heteroatoms. The topological polar surface area (TPSA) is 33.7 Å². The maximum atomic E-state index is 5.80. The lowest BCUT2D eigenvalue weighted by atomic mass is 9.81. The second kappa shape index (κ2) is 6.08. The van der Waals surface area contributed by atoms with Gasteiger partial charge in [0.1, 0.15) is 0 Å². The van der Waals surface area contributed by atoms with E-state index in [0.717, 1.165) is 45.6 Å². The van der Waals surface area contributed by atoms with Crippen molar-refractivity contribution in [3.05, 3.63) is 0 Å². The van der Waals surface area contributed by atoms with E-state index in [2.05, 4.69) is 17.3 Å². The largest absolute Gasteiger partial charge is 0.381 e. The molecule has 0 aromatic heterocycles. The number of likely N-dealkylation sites (N-methyl/N-ethyl adjacent to an activating group) is 1. The quantitative estimate of drug-likeness (QED) is 0.786. The highest BCUT2D eigenvalue weighted by Gasteiger charge is 2.37. The van der Waals surface area contributed by atoms with E-state index in [-0.39, 0.29) is 0 Å². The molecule has 2 aliphatic heterocycles. The zero-order chi connectivity index (χ0) is 13.1. The lowest BCUT2D eigenvalue weighted by Crippen LogP contribution is -2.50. The number of hydrogen-bond donors (Lipinski definition) is 1. The van der Waals surface area contributed by atoms with Gasteiger partial charge in [-0.2, -0.15) is 0 Å². The molecule has 3 fully saturated rings. The summed E-state index contributed by atoms with van der Waals surface area (Å²) >= 11 is 0. The van der Waals surface area contributed by atoms with Crippen LogP contribution in [0.2, 0.25) is 0 Å². The van der Waals surface area contributed by atoms with Crippen molar-refractivity contribution in [1.29, 1.82) is 0 Å². The SMILES string of the molecule is CN(CC1(CNC2CC2)CCCOC1)C1CCOC1. The van der Waals surface area contributed by atoms with Gasteiger partial charge in [0, 0.05) is 43.8 Å². The van der Waals surface area contributed by atoms with Crippen LogP contribution in [0, 0.1) is 5.41 Å². The maximum absolute atomic E-state index is 5.80. The van der Waals surface area contributed by atoms with Crippen LogP contribution in [-0.2, 0) is 9.47 Å². The maximum Gasteiger partial charge on any atom is 0.0622 e. The van der Waals surface area contributed by atoms with Crippen LogP contribution in [0.25, 0.3) is 0 Å². The Hall–Kier alpha value is -0.160. The first-order valence-corrected chi connectivity index (χ1v) is 7.87. The number of rotatable bonds is 6. The van der Waals surface area contributed by atoms with Crippen LogP contribution in [-0.4, -0.2) is 63.5 Å². The Labute approximate surface area is 116 Å². The summed E-state index contributed by atoms with van der Waals surface area (Å²) in [6, 6.07) is 1.40. The van der Waals surface area contributed by atoms with Gasteiger partial charge in [-0.15, -0.1) is 0 Å². The molecule has 0 radical (unpaired) electrons. The Morgan fingerprint density at radius 2 is 2.11 bits per heavy atom. The Balaban J connectivity index is 1.56. The summed E-state index contributed by atoms with van der Waals surface area (Å²) in [5.41, 5.74) is 0.318. The van der Waals surface area contributed by atoms with Crippen LogP contribution in [0.5, 0.6) is 0 Å². The number of hydrogen-bond acceptors (Lipinski definition) is 4. The molecule has 0 aromatic rings. The first-order valence-electron chi connectivity index (χ1n) is 7.87. The van der Waals surface area contributed by atoms with Crippen LogP contribution in [0.3, 0.4) is 0 Å². The normalized spacial score (nSPS) is 36.0. The van der Waals surface area contributed by atoms with E-state index in [1.807, 2.05) is 0 Å². The summed E-state index contributed by atoms with van der Waals surface area (Å²) in [7, 11) is 2.26. The fourth-order valence-corrected chi connectivity index (χ4v) is 3.41. The molecule has 0 amide bonds. The van der Waals surface area contributed by atoms with Crippen molar-refractivity contribution in [3.63, 3.8) is 0 Å². The standard InChI is InChI=1S/C15H28N2O2/c1-17(14-5-8-18-9-14)11-15(6-2-7-19-12-15)10-16-13-3-4-13/h13-14,16H,2-12H2,1H3. The van der Waals surface area contributed by atoms with Crippen LogP contribution in [0.4, 0.5) is 0 Å².